The summed E-state index contributed by atoms with van der Waals surface area (Å²) in [6, 6.07) is 14.8. The zero-order chi connectivity index (χ0) is 17.4. The molecule has 5 heteroatoms. The first-order chi connectivity index (χ1) is 11.6. The van der Waals surface area contributed by atoms with Crippen LogP contribution in [0.5, 0.6) is 5.75 Å². The lowest BCUT2D eigenvalue weighted by atomic mass is 10.1. The molecule has 2 rings (SSSR count). The number of rotatable bonds is 7. The molecule has 0 aliphatic heterocycles. The van der Waals surface area contributed by atoms with E-state index >= 15 is 0 Å². The molecule has 2 aromatic rings. The highest BCUT2D eigenvalue weighted by Gasteiger charge is 2.06. The van der Waals surface area contributed by atoms with Crippen LogP contribution < -0.4 is 10.1 Å². The summed E-state index contributed by atoms with van der Waals surface area (Å²) in [6.45, 7) is 1.79. The second-order valence-electron chi connectivity index (χ2n) is 5.37. The fourth-order valence-electron chi connectivity index (χ4n) is 2.20. The average Bonchev–Trinajstić information content (AvgIpc) is 2.57. The molecule has 0 aliphatic carbocycles. The minimum Gasteiger partial charge on any atom is -0.497 e. The smallest absolute Gasteiger partial charge is 0.310 e. The largest absolute Gasteiger partial charge is 0.497 e. The molecule has 1 N–H and O–H groups in total. The zero-order valence-corrected chi connectivity index (χ0v) is 13.9. The molecule has 24 heavy (non-hydrogen) atoms. The van der Waals surface area contributed by atoms with Gasteiger partial charge in [-0.2, -0.15) is 0 Å². The Morgan fingerprint density at radius 1 is 0.958 bits per heavy atom. The minimum absolute atomic E-state index is 0.124. The first kappa shape index (κ1) is 17.5. The van der Waals surface area contributed by atoms with Crippen LogP contribution in [0.3, 0.4) is 0 Å². The molecule has 0 saturated carbocycles. The van der Waals surface area contributed by atoms with Gasteiger partial charge in [0.1, 0.15) is 5.75 Å². The molecule has 0 aromatic heterocycles. The number of esters is 1. The molecule has 2 aromatic carbocycles. The van der Waals surface area contributed by atoms with E-state index in [1.54, 1.807) is 31.4 Å². The first-order valence-corrected chi connectivity index (χ1v) is 7.72. The molecule has 0 heterocycles. The first-order valence-electron chi connectivity index (χ1n) is 7.72. The van der Waals surface area contributed by atoms with E-state index in [0.717, 1.165) is 16.9 Å². The molecule has 0 radical (unpaired) electrons. The van der Waals surface area contributed by atoms with E-state index in [2.05, 4.69) is 5.32 Å². The highest BCUT2D eigenvalue weighted by Crippen LogP contribution is 2.12. The second kappa shape index (κ2) is 8.72. The lowest BCUT2D eigenvalue weighted by molar-refractivity contribution is -0.142. The van der Waals surface area contributed by atoms with Crippen LogP contribution in [0.2, 0.25) is 0 Å². The molecule has 1 amide bonds. The molecule has 126 valence electrons. The maximum atomic E-state index is 11.9. The van der Waals surface area contributed by atoms with Crippen LogP contribution in [-0.2, 0) is 27.2 Å². The molecular weight excluding hydrogens is 306 g/mol. The summed E-state index contributed by atoms with van der Waals surface area (Å²) in [6.07, 6.45) is 0.875. The molecule has 0 spiro atoms. The Morgan fingerprint density at radius 2 is 1.58 bits per heavy atom. The van der Waals surface area contributed by atoms with E-state index in [4.69, 9.17) is 9.47 Å². The Labute approximate surface area is 141 Å². The monoisotopic (exact) mass is 327 g/mol. The third-order valence-electron chi connectivity index (χ3n) is 3.44. The van der Waals surface area contributed by atoms with Crippen LogP contribution in [0.25, 0.3) is 0 Å². The van der Waals surface area contributed by atoms with Crippen molar-refractivity contribution in [2.45, 2.75) is 19.8 Å². The molecule has 0 unspecified atom stereocenters. The number of benzene rings is 2. The predicted octanol–water partition coefficient (Wildman–Crippen LogP) is 2.98. The molecule has 0 fully saturated rings. The molecule has 5 nitrogen and oxygen atoms in total. The summed E-state index contributed by atoms with van der Waals surface area (Å²) in [7, 11) is 1.62. The van der Waals surface area contributed by atoms with E-state index in [1.165, 1.54) is 6.92 Å². The summed E-state index contributed by atoms with van der Waals surface area (Å²) in [4.78, 5) is 22.8. The molecule has 0 aliphatic rings. The van der Waals surface area contributed by atoms with Crippen LogP contribution in [0.1, 0.15) is 18.1 Å². The van der Waals surface area contributed by atoms with Crippen molar-refractivity contribution in [1.82, 2.24) is 0 Å². The SMILES string of the molecule is COc1ccc(CCOC(=O)Cc2ccc(NC(C)=O)cc2)cc1. The Balaban J connectivity index is 1.75. The predicted molar refractivity (Wildman–Crippen MR) is 92.1 cm³/mol. The Hall–Kier alpha value is -2.82. The minimum atomic E-state index is -0.268. The van der Waals surface area contributed by atoms with E-state index in [1.807, 2.05) is 24.3 Å². The van der Waals surface area contributed by atoms with Crippen LogP contribution in [0.4, 0.5) is 5.69 Å². The average molecular weight is 327 g/mol. The van der Waals surface area contributed by atoms with Crippen molar-refractivity contribution in [2.75, 3.05) is 19.0 Å². The van der Waals surface area contributed by atoms with Gasteiger partial charge in [0, 0.05) is 19.0 Å². The number of ether oxygens (including phenoxy) is 2. The van der Waals surface area contributed by atoms with Gasteiger partial charge in [-0.05, 0) is 35.4 Å². The van der Waals surface area contributed by atoms with E-state index in [-0.39, 0.29) is 18.3 Å². The number of hydrogen-bond donors (Lipinski definition) is 1. The number of methoxy groups -OCH3 is 1. The number of carbonyl (C=O) groups excluding carboxylic acids is 2. The van der Waals surface area contributed by atoms with Crippen LogP contribution in [0, 0.1) is 0 Å². The summed E-state index contributed by atoms with van der Waals surface area (Å²) in [5.74, 6) is 0.412. The van der Waals surface area contributed by atoms with Crippen molar-refractivity contribution in [3.05, 3.63) is 59.7 Å². The summed E-state index contributed by atoms with van der Waals surface area (Å²) in [5.41, 5.74) is 2.64. The fraction of sp³-hybridized carbons (Fsp3) is 0.263. The van der Waals surface area contributed by atoms with Gasteiger partial charge in [0.25, 0.3) is 0 Å². The standard InChI is InChI=1S/C19H21NO4/c1-14(21)20-17-7-3-16(4-8-17)13-19(22)24-12-11-15-5-9-18(23-2)10-6-15/h3-10H,11-13H2,1-2H3,(H,20,21). The highest BCUT2D eigenvalue weighted by atomic mass is 16.5. The van der Waals surface area contributed by atoms with Crippen molar-refractivity contribution in [2.24, 2.45) is 0 Å². The van der Waals surface area contributed by atoms with Crippen molar-refractivity contribution < 1.29 is 19.1 Å². The van der Waals surface area contributed by atoms with E-state index in [9.17, 15) is 9.59 Å². The van der Waals surface area contributed by atoms with Gasteiger partial charge in [0.2, 0.25) is 5.91 Å². The molecule has 0 saturated heterocycles. The van der Waals surface area contributed by atoms with Gasteiger partial charge in [0.05, 0.1) is 20.1 Å². The van der Waals surface area contributed by atoms with Crippen molar-refractivity contribution in [1.29, 1.82) is 0 Å². The maximum absolute atomic E-state index is 11.9. The van der Waals surface area contributed by atoms with Gasteiger partial charge < -0.3 is 14.8 Å². The molecule has 0 bridgehead atoms. The lowest BCUT2D eigenvalue weighted by Crippen LogP contribution is -2.11. The normalized spacial score (nSPS) is 10.1. The third kappa shape index (κ3) is 5.76. The van der Waals surface area contributed by atoms with Gasteiger partial charge in [-0.1, -0.05) is 24.3 Å². The quantitative estimate of drug-likeness (QED) is 0.794. The zero-order valence-electron chi connectivity index (χ0n) is 13.9. The van der Waals surface area contributed by atoms with Crippen LogP contribution in [-0.4, -0.2) is 25.6 Å². The van der Waals surface area contributed by atoms with Gasteiger partial charge in [-0.15, -0.1) is 0 Å². The van der Waals surface area contributed by atoms with Crippen LogP contribution >= 0.6 is 0 Å². The Bertz CT molecular complexity index is 678. The second-order valence-corrected chi connectivity index (χ2v) is 5.37. The van der Waals surface area contributed by atoms with Gasteiger partial charge in [-0.3, -0.25) is 9.59 Å². The Kier molecular flexibility index (Phi) is 6.37. The molecular formula is C19H21NO4. The van der Waals surface area contributed by atoms with Gasteiger partial charge in [0.15, 0.2) is 0 Å². The number of nitrogens with one attached hydrogen (secondary N) is 1. The van der Waals surface area contributed by atoms with Crippen molar-refractivity contribution in [3.63, 3.8) is 0 Å². The topological polar surface area (TPSA) is 64.6 Å². The number of carbonyl (C=O) groups is 2. The maximum Gasteiger partial charge on any atom is 0.310 e. The fourth-order valence-corrected chi connectivity index (χ4v) is 2.20. The lowest BCUT2D eigenvalue weighted by Gasteiger charge is -2.07. The summed E-state index contributed by atoms with van der Waals surface area (Å²) in [5, 5.41) is 2.68. The third-order valence-corrected chi connectivity index (χ3v) is 3.44. The van der Waals surface area contributed by atoms with Crippen molar-refractivity contribution in [3.8, 4) is 5.75 Å². The Morgan fingerprint density at radius 3 is 2.17 bits per heavy atom. The summed E-state index contributed by atoms with van der Waals surface area (Å²) < 4.78 is 10.4. The van der Waals surface area contributed by atoms with E-state index in [0.29, 0.717) is 18.7 Å². The number of amides is 1. The highest BCUT2D eigenvalue weighted by molar-refractivity contribution is 5.88. The molecule has 0 atom stereocenters. The number of anilines is 1. The van der Waals surface area contributed by atoms with Gasteiger partial charge in [-0.25, -0.2) is 0 Å². The number of hydrogen-bond acceptors (Lipinski definition) is 4. The van der Waals surface area contributed by atoms with Crippen molar-refractivity contribution >= 4 is 17.6 Å². The van der Waals surface area contributed by atoms with E-state index < -0.39 is 0 Å². The van der Waals surface area contributed by atoms with Crippen LogP contribution in [0.15, 0.2) is 48.5 Å². The van der Waals surface area contributed by atoms with Gasteiger partial charge >= 0.3 is 5.97 Å². The summed E-state index contributed by atoms with van der Waals surface area (Å²) >= 11 is 0.